The molecule has 1 amide bonds. The molecule has 0 unspecified atom stereocenters. The molecule has 1 aliphatic rings. The van der Waals surface area contributed by atoms with E-state index >= 15 is 0 Å². The predicted molar refractivity (Wildman–Crippen MR) is 65.6 cm³/mol. The van der Waals surface area contributed by atoms with Gasteiger partial charge in [0.25, 0.3) is 0 Å². The zero-order chi connectivity index (χ0) is 13.2. The summed E-state index contributed by atoms with van der Waals surface area (Å²) in [5, 5.41) is 6.05. The third-order valence-electron chi connectivity index (χ3n) is 3.74. The van der Waals surface area contributed by atoms with Crippen molar-refractivity contribution in [3.05, 3.63) is 16.3 Å². The molecular formula is C11H19N5O2. The largest absolute Gasteiger partial charge is 0.340 e. The third kappa shape index (κ3) is 2.61. The van der Waals surface area contributed by atoms with E-state index in [2.05, 4.69) is 15.2 Å². The molecule has 0 bridgehead atoms. The van der Waals surface area contributed by atoms with Crippen molar-refractivity contribution in [2.75, 3.05) is 13.6 Å². The predicted octanol–water partition coefficient (Wildman–Crippen LogP) is -0.424. The summed E-state index contributed by atoms with van der Waals surface area (Å²) in [7, 11) is 1.71. The Labute approximate surface area is 105 Å². The van der Waals surface area contributed by atoms with Gasteiger partial charge in [0, 0.05) is 13.5 Å². The van der Waals surface area contributed by atoms with Crippen LogP contribution in [0.5, 0.6) is 0 Å². The average Bonchev–Trinajstić information content (AvgIpc) is 2.69. The number of nitrogens with one attached hydrogen (secondary N) is 2. The molecule has 1 fully saturated rings. The summed E-state index contributed by atoms with van der Waals surface area (Å²) in [6, 6.07) is 0. The van der Waals surface area contributed by atoms with E-state index in [1.807, 2.05) is 0 Å². The van der Waals surface area contributed by atoms with Gasteiger partial charge < -0.3 is 10.6 Å². The number of nitrogens with zero attached hydrogens (tertiary/aromatic N) is 2. The summed E-state index contributed by atoms with van der Waals surface area (Å²) < 4.78 is 0. The average molecular weight is 253 g/mol. The monoisotopic (exact) mass is 253 g/mol. The first-order chi connectivity index (χ1) is 8.54. The van der Waals surface area contributed by atoms with E-state index in [0.717, 1.165) is 19.3 Å². The highest BCUT2D eigenvalue weighted by Gasteiger charge is 2.38. The summed E-state index contributed by atoms with van der Waals surface area (Å²) in [5.41, 5.74) is 5.38. The Morgan fingerprint density at radius 2 is 2.28 bits per heavy atom. The fourth-order valence-corrected chi connectivity index (χ4v) is 2.28. The van der Waals surface area contributed by atoms with Crippen LogP contribution in [0.25, 0.3) is 0 Å². The molecule has 7 heteroatoms. The van der Waals surface area contributed by atoms with Crippen LogP contribution in [0.1, 0.15) is 31.5 Å². The van der Waals surface area contributed by atoms with Crippen molar-refractivity contribution in [1.29, 1.82) is 0 Å². The van der Waals surface area contributed by atoms with Crippen molar-refractivity contribution < 1.29 is 4.79 Å². The molecular weight excluding hydrogens is 234 g/mol. The van der Waals surface area contributed by atoms with Crippen LogP contribution in [0, 0.1) is 5.41 Å². The number of carbonyl (C=O) groups is 1. The maximum atomic E-state index is 12.1. The molecule has 18 heavy (non-hydrogen) atoms. The Balaban J connectivity index is 1.90. The standard InChI is InChI=1S/C11H19N5O2/c1-16(6-8-13-10(18)15-14-8)9(17)5-11(7-12)3-2-4-11/h2-7,12H2,1H3,(H2,13,14,15,18). The highest BCUT2D eigenvalue weighted by molar-refractivity contribution is 5.76. The van der Waals surface area contributed by atoms with Crippen LogP contribution in [0.2, 0.25) is 0 Å². The van der Waals surface area contributed by atoms with Gasteiger partial charge in [-0.05, 0) is 24.8 Å². The number of aromatic nitrogens is 3. The summed E-state index contributed by atoms with van der Waals surface area (Å²) in [4.78, 5) is 27.0. The second-order valence-corrected chi connectivity index (χ2v) is 5.11. The summed E-state index contributed by atoms with van der Waals surface area (Å²) in [6.45, 7) is 0.865. The molecule has 0 radical (unpaired) electrons. The second-order valence-electron chi connectivity index (χ2n) is 5.11. The van der Waals surface area contributed by atoms with Crippen LogP contribution in [0.4, 0.5) is 0 Å². The van der Waals surface area contributed by atoms with Gasteiger partial charge in [0.2, 0.25) is 5.91 Å². The lowest BCUT2D eigenvalue weighted by atomic mass is 9.66. The van der Waals surface area contributed by atoms with Crippen molar-refractivity contribution >= 4 is 5.91 Å². The molecule has 7 nitrogen and oxygen atoms in total. The van der Waals surface area contributed by atoms with Crippen molar-refractivity contribution in [2.24, 2.45) is 11.1 Å². The minimum Gasteiger partial charge on any atom is -0.338 e. The highest BCUT2D eigenvalue weighted by atomic mass is 16.2. The molecule has 0 saturated heterocycles. The van der Waals surface area contributed by atoms with Gasteiger partial charge in [0.05, 0.1) is 6.54 Å². The number of nitrogens with two attached hydrogens (primary N) is 1. The molecule has 0 aliphatic heterocycles. The molecule has 1 heterocycles. The zero-order valence-corrected chi connectivity index (χ0v) is 10.5. The van der Waals surface area contributed by atoms with E-state index in [1.165, 1.54) is 0 Å². The van der Waals surface area contributed by atoms with Crippen LogP contribution in [0.15, 0.2) is 4.79 Å². The lowest BCUT2D eigenvalue weighted by molar-refractivity contribution is -0.134. The van der Waals surface area contributed by atoms with E-state index in [0.29, 0.717) is 25.3 Å². The Bertz CT molecular complexity index is 468. The van der Waals surface area contributed by atoms with Gasteiger partial charge >= 0.3 is 5.69 Å². The first-order valence-corrected chi connectivity index (χ1v) is 6.12. The number of carbonyl (C=O) groups excluding carboxylic acids is 1. The molecule has 0 spiro atoms. The Morgan fingerprint density at radius 1 is 1.56 bits per heavy atom. The van der Waals surface area contributed by atoms with Crippen LogP contribution in [-0.4, -0.2) is 39.6 Å². The number of hydrogen-bond acceptors (Lipinski definition) is 4. The van der Waals surface area contributed by atoms with Crippen LogP contribution in [-0.2, 0) is 11.3 Å². The van der Waals surface area contributed by atoms with Crippen molar-refractivity contribution in [1.82, 2.24) is 20.1 Å². The van der Waals surface area contributed by atoms with Gasteiger partial charge in [-0.25, -0.2) is 9.89 Å². The summed E-state index contributed by atoms with van der Waals surface area (Å²) >= 11 is 0. The maximum Gasteiger partial charge on any atom is 0.340 e. The van der Waals surface area contributed by atoms with Gasteiger partial charge in [-0.2, -0.15) is 5.10 Å². The normalized spacial score (nSPS) is 17.2. The maximum absolute atomic E-state index is 12.1. The van der Waals surface area contributed by atoms with Crippen molar-refractivity contribution in [3.8, 4) is 0 Å². The first kappa shape index (κ1) is 12.8. The minimum atomic E-state index is -0.358. The third-order valence-corrected chi connectivity index (χ3v) is 3.74. The summed E-state index contributed by atoms with van der Waals surface area (Å²) in [6.07, 6.45) is 3.69. The number of rotatable bonds is 5. The van der Waals surface area contributed by atoms with Crippen molar-refractivity contribution in [2.45, 2.75) is 32.2 Å². The molecule has 1 aromatic rings. The molecule has 100 valence electrons. The molecule has 0 atom stereocenters. The van der Waals surface area contributed by atoms with E-state index in [-0.39, 0.29) is 17.0 Å². The number of amides is 1. The van der Waals surface area contributed by atoms with E-state index in [1.54, 1.807) is 11.9 Å². The topological polar surface area (TPSA) is 108 Å². The van der Waals surface area contributed by atoms with Crippen LogP contribution >= 0.6 is 0 Å². The summed E-state index contributed by atoms with van der Waals surface area (Å²) in [5.74, 6) is 0.509. The Hall–Kier alpha value is -1.63. The van der Waals surface area contributed by atoms with Gasteiger partial charge in [-0.3, -0.25) is 9.78 Å². The minimum absolute atomic E-state index is 0.00429. The molecule has 4 N–H and O–H groups in total. The smallest absolute Gasteiger partial charge is 0.338 e. The quantitative estimate of drug-likeness (QED) is 0.662. The second kappa shape index (κ2) is 4.93. The Morgan fingerprint density at radius 3 is 2.72 bits per heavy atom. The van der Waals surface area contributed by atoms with Gasteiger partial charge in [0.1, 0.15) is 0 Å². The lowest BCUT2D eigenvalue weighted by Crippen LogP contribution is -2.42. The van der Waals surface area contributed by atoms with Crippen molar-refractivity contribution in [3.63, 3.8) is 0 Å². The molecule has 1 aromatic heterocycles. The molecule has 1 saturated carbocycles. The van der Waals surface area contributed by atoms with Gasteiger partial charge in [-0.15, -0.1) is 0 Å². The van der Waals surface area contributed by atoms with Gasteiger partial charge in [0.15, 0.2) is 5.82 Å². The number of H-pyrrole nitrogens is 2. The number of aromatic amines is 2. The van der Waals surface area contributed by atoms with E-state index < -0.39 is 0 Å². The molecule has 2 rings (SSSR count). The van der Waals surface area contributed by atoms with Crippen LogP contribution < -0.4 is 11.4 Å². The first-order valence-electron chi connectivity index (χ1n) is 6.12. The van der Waals surface area contributed by atoms with E-state index in [9.17, 15) is 9.59 Å². The fourth-order valence-electron chi connectivity index (χ4n) is 2.28. The highest BCUT2D eigenvalue weighted by Crippen LogP contribution is 2.43. The Kier molecular flexibility index (Phi) is 3.51. The number of hydrogen-bond donors (Lipinski definition) is 3. The fraction of sp³-hybridized carbons (Fsp3) is 0.727. The SMILES string of the molecule is CN(Cc1n[nH]c(=O)[nH]1)C(=O)CC1(CN)CCC1. The zero-order valence-electron chi connectivity index (χ0n) is 10.5. The molecule has 1 aliphatic carbocycles. The van der Waals surface area contributed by atoms with Gasteiger partial charge in [-0.1, -0.05) is 6.42 Å². The lowest BCUT2D eigenvalue weighted by Gasteiger charge is -2.41. The van der Waals surface area contributed by atoms with Crippen LogP contribution in [0.3, 0.4) is 0 Å². The molecule has 0 aromatic carbocycles. The van der Waals surface area contributed by atoms with E-state index in [4.69, 9.17) is 5.73 Å².